The molecule has 0 saturated carbocycles. The highest BCUT2D eigenvalue weighted by molar-refractivity contribution is 6.37. The van der Waals surface area contributed by atoms with Gasteiger partial charge in [-0.1, -0.05) is 35.6 Å². The fraction of sp³-hybridized carbons (Fsp3) is 0.250. The fourth-order valence-electron chi connectivity index (χ4n) is 1.04. The van der Waals surface area contributed by atoms with Gasteiger partial charge in [-0.25, -0.2) is 0 Å². The standard InChI is InChI=1S/C8H9BCl2/c1-5-2-3-7(10)6(4-9)8(5)11/h2-3H,4,9H2,1H3. The zero-order valence-corrected chi connectivity index (χ0v) is 8.13. The summed E-state index contributed by atoms with van der Waals surface area (Å²) >= 11 is 11.9. The topological polar surface area (TPSA) is 0 Å². The fourth-order valence-corrected chi connectivity index (χ4v) is 1.68. The Hall–Kier alpha value is -0.135. The minimum Gasteiger partial charge on any atom is -0.0840 e. The first kappa shape index (κ1) is 8.96. The highest BCUT2D eigenvalue weighted by atomic mass is 35.5. The summed E-state index contributed by atoms with van der Waals surface area (Å²) in [5.41, 5.74) is 2.14. The molecule has 58 valence electrons. The maximum Gasteiger partial charge on any atom is 0.107 e. The SMILES string of the molecule is BCc1c(Cl)ccc(C)c1Cl. The van der Waals surface area contributed by atoms with Gasteiger partial charge in [0, 0.05) is 10.0 Å². The van der Waals surface area contributed by atoms with Crippen molar-refractivity contribution in [2.45, 2.75) is 13.2 Å². The van der Waals surface area contributed by atoms with E-state index in [4.69, 9.17) is 23.2 Å². The van der Waals surface area contributed by atoms with E-state index in [1.54, 1.807) is 0 Å². The Bertz CT molecular complexity index is 271. The molecule has 3 heteroatoms. The Morgan fingerprint density at radius 1 is 1.36 bits per heavy atom. The molecule has 1 aromatic rings. The molecule has 1 aromatic carbocycles. The molecular weight excluding hydrogens is 178 g/mol. The van der Waals surface area contributed by atoms with Gasteiger partial charge >= 0.3 is 0 Å². The van der Waals surface area contributed by atoms with Gasteiger partial charge in [-0.2, -0.15) is 0 Å². The highest BCUT2D eigenvalue weighted by Gasteiger charge is 2.04. The first-order valence-electron chi connectivity index (χ1n) is 3.60. The van der Waals surface area contributed by atoms with Crippen LogP contribution in [0.4, 0.5) is 0 Å². The lowest BCUT2D eigenvalue weighted by molar-refractivity contribution is 1.34. The smallest absolute Gasteiger partial charge is 0.0840 e. The zero-order valence-electron chi connectivity index (χ0n) is 6.62. The number of aryl methyl sites for hydroxylation is 1. The maximum atomic E-state index is 6.01. The molecule has 0 atom stereocenters. The monoisotopic (exact) mass is 186 g/mol. The summed E-state index contributed by atoms with van der Waals surface area (Å²) in [5.74, 6) is 0. The highest BCUT2D eigenvalue weighted by Crippen LogP contribution is 2.27. The summed E-state index contributed by atoms with van der Waals surface area (Å²) in [6, 6.07) is 3.82. The van der Waals surface area contributed by atoms with Crippen LogP contribution in [-0.4, -0.2) is 7.85 Å². The van der Waals surface area contributed by atoms with Gasteiger partial charge in [0.2, 0.25) is 0 Å². The second-order valence-electron chi connectivity index (χ2n) is 2.51. The van der Waals surface area contributed by atoms with E-state index in [9.17, 15) is 0 Å². The number of rotatable bonds is 1. The third-order valence-corrected chi connectivity index (χ3v) is 2.61. The van der Waals surface area contributed by atoms with Crippen LogP contribution in [0.2, 0.25) is 10.0 Å². The second-order valence-corrected chi connectivity index (χ2v) is 3.30. The van der Waals surface area contributed by atoms with Gasteiger partial charge in [-0.15, -0.1) is 0 Å². The van der Waals surface area contributed by atoms with Crippen LogP contribution in [-0.2, 0) is 6.32 Å². The third-order valence-electron chi connectivity index (χ3n) is 1.73. The van der Waals surface area contributed by atoms with Crippen LogP contribution in [0.5, 0.6) is 0 Å². The molecule has 0 bridgehead atoms. The van der Waals surface area contributed by atoms with E-state index in [0.717, 1.165) is 27.5 Å². The van der Waals surface area contributed by atoms with Crippen LogP contribution in [0.3, 0.4) is 0 Å². The van der Waals surface area contributed by atoms with Crippen LogP contribution in [0, 0.1) is 6.92 Å². The predicted octanol–water partition coefficient (Wildman–Crippen LogP) is 2.43. The van der Waals surface area contributed by atoms with Crippen LogP contribution >= 0.6 is 23.2 Å². The molecule has 0 nitrogen and oxygen atoms in total. The molecular formula is C8H9BCl2. The molecule has 0 aliphatic carbocycles. The van der Waals surface area contributed by atoms with E-state index in [2.05, 4.69) is 0 Å². The van der Waals surface area contributed by atoms with Crippen molar-refractivity contribution in [3.63, 3.8) is 0 Å². The van der Waals surface area contributed by atoms with Crippen molar-refractivity contribution in [2.24, 2.45) is 0 Å². The molecule has 0 fully saturated rings. The van der Waals surface area contributed by atoms with E-state index < -0.39 is 0 Å². The lowest BCUT2D eigenvalue weighted by Crippen LogP contribution is -1.89. The third kappa shape index (κ3) is 1.71. The van der Waals surface area contributed by atoms with Crippen molar-refractivity contribution in [3.05, 3.63) is 33.3 Å². The number of hydrogen-bond donors (Lipinski definition) is 0. The van der Waals surface area contributed by atoms with Gasteiger partial charge in [0.15, 0.2) is 0 Å². The Kier molecular flexibility index (Phi) is 2.86. The summed E-state index contributed by atoms with van der Waals surface area (Å²) in [4.78, 5) is 0. The van der Waals surface area contributed by atoms with Crippen molar-refractivity contribution in [1.82, 2.24) is 0 Å². The Morgan fingerprint density at radius 3 is 2.45 bits per heavy atom. The Labute approximate surface area is 77.9 Å². The number of halogens is 2. The zero-order chi connectivity index (χ0) is 8.43. The first-order valence-corrected chi connectivity index (χ1v) is 4.36. The summed E-state index contributed by atoms with van der Waals surface area (Å²) in [6.45, 7) is 1.98. The average Bonchev–Trinajstić information content (AvgIpc) is 1.99. The number of hydrogen-bond acceptors (Lipinski definition) is 0. The van der Waals surface area contributed by atoms with Crippen LogP contribution in [0.15, 0.2) is 12.1 Å². The van der Waals surface area contributed by atoms with E-state index >= 15 is 0 Å². The summed E-state index contributed by atoms with van der Waals surface area (Å²) in [6.07, 6.45) is 0.888. The predicted molar refractivity (Wildman–Crippen MR) is 53.4 cm³/mol. The molecule has 0 aliphatic heterocycles. The molecule has 0 aliphatic rings. The average molecular weight is 187 g/mol. The van der Waals surface area contributed by atoms with Crippen molar-refractivity contribution in [2.75, 3.05) is 0 Å². The molecule has 1 rings (SSSR count). The molecule has 0 radical (unpaired) electrons. The largest absolute Gasteiger partial charge is 0.107 e. The quantitative estimate of drug-likeness (QED) is 0.592. The molecule has 0 amide bonds. The lowest BCUT2D eigenvalue weighted by atomic mass is 9.95. The summed E-state index contributed by atoms with van der Waals surface area (Å²) in [5, 5.41) is 1.57. The molecule has 11 heavy (non-hydrogen) atoms. The van der Waals surface area contributed by atoms with Gasteiger partial charge in [-0.05, 0) is 24.1 Å². The van der Waals surface area contributed by atoms with Gasteiger partial charge in [0.05, 0.1) is 0 Å². The molecule has 0 spiro atoms. The normalized spacial score (nSPS) is 10.1. The minimum absolute atomic E-state index is 0.767. The van der Waals surface area contributed by atoms with E-state index in [0.29, 0.717) is 0 Å². The van der Waals surface area contributed by atoms with Gasteiger partial charge in [-0.3, -0.25) is 0 Å². The van der Waals surface area contributed by atoms with Crippen molar-refractivity contribution in [1.29, 1.82) is 0 Å². The van der Waals surface area contributed by atoms with Crippen molar-refractivity contribution >= 4 is 31.0 Å². The molecule has 0 unspecified atom stereocenters. The summed E-state index contributed by atoms with van der Waals surface area (Å²) in [7, 11) is 2.05. The lowest BCUT2D eigenvalue weighted by Gasteiger charge is -2.05. The Balaban J connectivity index is 3.29. The molecule has 0 saturated heterocycles. The van der Waals surface area contributed by atoms with Crippen LogP contribution in [0.1, 0.15) is 11.1 Å². The second kappa shape index (κ2) is 3.51. The minimum atomic E-state index is 0.767. The molecule has 0 heterocycles. The van der Waals surface area contributed by atoms with Crippen molar-refractivity contribution < 1.29 is 0 Å². The van der Waals surface area contributed by atoms with Gasteiger partial charge in [0.25, 0.3) is 0 Å². The molecule has 0 N–H and O–H groups in total. The van der Waals surface area contributed by atoms with Gasteiger partial charge in [0.1, 0.15) is 7.85 Å². The Morgan fingerprint density at radius 2 is 2.00 bits per heavy atom. The van der Waals surface area contributed by atoms with Crippen LogP contribution < -0.4 is 0 Å². The van der Waals surface area contributed by atoms with E-state index in [-0.39, 0.29) is 0 Å². The van der Waals surface area contributed by atoms with Gasteiger partial charge < -0.3 is 0 Å². The maximum absolute atomic E-state index is 6.01. The van der Waals surface area contributed by atoms with E-state index in [1.165, 1.54) is 0 Å². The number of benzene rings is 1. The van der Waals surface area contributed by atoms with Crippen LogP contribution in [0.25, 0.3) is 0 Å². The van der Waals surface area contributed by atoms with E-state index in [1.807, 2.05) is 26.9 Å². The summed E-state index contributed by atoms with van der Waals surface area (Å²) < 4.78 is 0. The van der Waals surface area contributed by atoms with Crippen molar-refractivity contribution in [3.8, 4) is 0 Å². The first-order chi connectivity index (χ1) is 5.16. The molecule has 0 aromatic heterocycles.